The first-order chi connectivity index (χ1) is 13.3. The summed E-state index contributed by atoms with van der Waals surface area (Å²) >= 11 is 0. The summed E-state index contributed by atoms with van der Waals surface area (Å²) in [5, 5.41) is 8.79. The van der Waals surface area contributed by atoms with Gasteiger partial charge in [0.25, 0.3) is 0 Å². The van der Waals surface area contributed by atoms with Crippen LogP contribution in [-0.4, -0.2) is 24.5 Å². The molecule has 0 aliphatic carbocycles. The van der Waals surface area contributed by atoms with E-state index in [-0.39, 0.29) is 30.4 Å². The Balaban J connectivity index is 1.78. The van der Waals surface area contributed by atoms with Crippen LogP contribution in [0.3, 0.4) is 0 Å². The molecular weight excluding hydrogens is 354 g/mol. The lowest BCUT2D eigenvalue weighted by Crippen LogP contribution is -2.29. The number of carbonyl (C=O) groups excluding carboxylic acids is 2. The van der Waals surface area contributed by atoms with Gasteiger partial charge in [-0.1, -0.05) is 32.0 Å². The molecule has 0 atom stereocenters. The van der Waals surface area contributed by atoms with Gasteiger partial charge >= 0.3 is 0 Å². The zero-order chi connectivity index (χ0) is 20.5. The number of hydrogen-bond donors (Lipinski definition) is 3. The first kappa shape index (κ1) is 21.3. The topological polar surface area (TPSA) is 79.5 Å². The number of benzene rings is 2. The largest absolute Gasteiger partial charge is 0.491 e. The molecule has 0 heterocycles. The summed E-state index contributed by atoms with van der Waals surface area (Å²) in [6.07, 6.45) is 0.133. The summed E-state index contributed by atoms with van der Waals surface area (Å²) in [6.45, 7) is 8.24. The van der Waals surface area contributed by atoms with E-state index in [2.05, 4.69) is 16.0 Å². The summed E-state index contributed by atoms with van der Waals surface area (Å²) < 4.78 is 5.61. The second-order valence-corrected chi connectivity index (χ2v) is 7.17. The van der Waals surface area contributed by atoms with Gasteiger partial charge in [0.2, 0.25) is 11.8 Å². The highest BCUT2D eigenvalue weighted by molar-refractivity contribution is 5.92. The number of nitrogens with one attached hydrogen (secondary N) is 3. The van der Waals surface area contributed by atoms with E-state index in [0.717, 1.165) is 17.0 Å². The minimum atomic E-state index is -0.112. The van der Waals surface area contributed by atoms with E-state index in [4.69, 9.17) is 4.74 Å². The Bertz CT molecular complexity index is 786. The molecule has 0 unspecified atom stereocenters. The molecule has 0 fully saturated rings. The molecule has 0 saturated carbocycles. The normalized spacial score (nSPS) is 10.6. The van der Waals surface area contributed by atoms with E-state index in [0.29, 0.717) is 12.2 Å². The number of rotatable bonds is 9. The summed E-state index contributed by atoms with van der Waals surface area (Å²) in [6, 6.07) is 15.0. The number of carbonyl (C=O) groups is 2. The van der Waals surface area contributed by atoms with Crippen molar-refractivity contribution >= 4 is 23.2 Å². The van der Waals surface area contributed by atoms with E-state index >= 15 is 0 Å². The molecule has 6 nitrogen and oxygen atoms in total. The van der Waals surface area contributed by atoms with Crippen molar-refractivity contribution in [3.63, 3.8) is 0 Å². The van der Waals surface area contributed by atoms with Crippen LogP contribution in [0.4, 0.5) is 11.4 Å². The van der Waals surface area contributed by atoms with E-state index < -0.39 is 0 Å². The van der Waals surface area contributed by atoms with Gasteiger partial charge in [0.1, 0.15) is 5.75 Å². The maximum atomic E-state index is 12.1. The van der Waals surface area contributed by atoms with Crippen LogP contribution in [0.25, 0.3) is 0 Å². The van der Waals surface area contributed by atoms with Crippen molar-refractivity contribution in [2.75, 3.05) is 17.2 Å². The molecule has 2 rings (SSSR count). The molecule has 6 heteroatoms. The van der Waals surface area contributed by atoms with Crippen molar-refractivity contribution < 1.29 is 14.3 Å². The molecule has 2 amide bonds. The van der Waals surface area contributed by atoms with Crippen LogP contribution in [-0.2, 0) is 16.1 Å². The molecule has 150 valence electrons. The highest BCUT2D eigenvalue weighted by Gasteiger charge is 2.08. The van der Waals surface area contributed by atoms with Crippen molar-refractivity contribution in [3.8, 4) is 5.75 Å². The van der Waals surface area contributed by atoms with Gasteiger partial charge in [-0.2, -0.15) is 0 Å². The minimum absolute atomic E-state index is 0.0419. The van der Waals surface area contributed by atoms with E-state index in [9.17, 15) is 9.59 Å². The van der Waals surface area contributed by atoms with Crippen molar-refractivity contribution in [2.45, 2.75) is 40.3 Å². The molecule has 28 heavy (non-hydrogen) atoms. The maximum absolute atomic E-state index is 12.1. The number of ether oxygens (including phenoxy) is 1. The zero-order valence-corrected chi connectivity index (χ0v) is 16.9. The Morgan fingerprint density at radius 3 is 2.29 bits per heavy atom. The molecule has 2 aromatic rings. The Kier molecular flexibility index (Phi) is 7.87. The third-order valence-corrected chi connectivity index (χ3v) is 3.89. The van der Waals surface area contributed by atoms with Crippen LogP contribution in [0.15, 0.2) is 48.5 Å². The molecule has 3 N–H and O–H groups in total. The predicted molar refractivity (Wildman–Crippen MR) is 112 cm³/mol. The molecule has 0 aromatic heterocycles. The van der Waals surface area contributed by atoms with Crippen molar-refractivity contribution in [3.05, 3.63) is 54.1 Å². The molecule has 2 aromatic carbocycles. The third-order valence-electron chi connectivity index (χ3n) is 3.89. The van der Waals surface area contributed by atoms with Crippen molar-refractivity contribution in [2.24, 2.45) is 5.92 Å². The first-order valence-corrected chi connectivity index (χ1v) is 9.50. The predicted octanol–water partition coefficient (Wildman–Crippen LogP) is 3.80. The summed E-state index contributed by atoms with van der Waals surface area (Å²) in [5.74, 6) is 0.573. The third kappa shape index (κ3) is 7.31. The van der Waals surface area contributed by atoms with Gasteiger partial charge in [-0.3, -0.25) is 9.59 Å². The molecule has 0 aliphatic heterocycles. The van der Waals surface area contributed by atoms with Crippen LogP contribution in [0, 0.1) is 5.92 Å². The minimum Gasteiger partial charge on any atom is -0.491 e. The maximum Gasteiger partial charge on any atom is 0.239 e. The van der Waals surface area contributed by atoms with E-state index in [1.807, 2.05) is 70.2 Å². The van der Waals surface area contributed by atoms with E-state index in [1.165, 1.54) is 0 Å². The monoisotopic (exact) mass is 383 g/mol. The molecular formula is C22H29N3O3. The molecule has 0 saturated heterocycles. The quantitative estimate of drug-likeness (QED) is 0.615. The van der Waals surface area contributed by atoms with Gasteiger partial charge < -0.3 is 20.7 Å². The van der Waals surface area contributed by atoms with Gasteiger partial charge in [0, 0.05) is 23.8 Å². The Hall–Kier alpha value is -3.02. The second kappa shape index (κ2) is 10.3. The lowest BCUT2D eigenvalue weighted by Gasteiger charge is -2.12. The second-order valence-electron chi connectivity index (χ2n) is 7.17. The van der Waals surface area contributed by atoms with Crippen LogP contribution in [0.2, 0.25) is 0 Å². The Morgan fingerprint density at radius 1 is 0.964 bits per heavy atom. The van der Waals surface area contributed by atoms with Gasteiger partial charge in [-0.15, -0.1) is 0 Å². The fourth-order valence-electron chi connectivity index (χ4n) is 2.40. The smallest absolute Gasteiger partial charge is 0.239 e. The summed E-state index contributed by atoms with van der Waals surface area (Å²) in [7, 11) is 0. The van der Waals surface area contributed by atoms with Gasteiger partial charge in [0.05, 0.1) is 12.6 Å². The average Bonchev–Trinajstić information content (AvgIpc) is 2.65. The fraction of sp³-hybridized carbons (Fsp3) is 0.364. The Morgan fingerprint density at radius 2 is 1.64 bits per heavy atom. The van der Waals surface area contributed by atoms with Crippen LogP contribution < -0.4 is 20.7 Å². The number of amides is 2. The van der Waals surface area contributed by atoms with Gasteiger partial charge in [-0.05, 0) is 49.7 Å². The van der Waals surface area contributed by atoms with Gasteiger partial charge in [-0.25, -0.2) is 0 Å². The highest BCUT2D eigenvalue weighted by atomic mass is 16.5. The van der Waals surface area contributed by atoms with E-state index in [1.54, 1.807) is 6.07 Å². The highest BCUT2D eigenvalue weighted by Crippen LogP contribution is 2.16. The number of hydrogen-bond acceptors (Lipinski definition) is 4. The van der Waals surface area contributed by atoms with Gasteiger partial charge in [0.15, 0.2) is 0 Å². The zero-order valence-electron chi connectivity index (χ0n) is 16.9. The summed E-state index contributed by atoms with van der Waals surface area (Å²) in [4.78, 5) is 23.9. The standard InChI is InChI=1S/C22H29N3O3/c1-15(2)22(27)25-19-7-5-6-18(12-19)23-14-21(26)24-13-17-8-10-20(11-9-17)28-16(3)4/h5-12,15-16,23H,13-14H2,1-4H3,(H,24,26)(H,25,27). The fourth-order valence-corrected chi connectivity index (χ4v) is 2.40. The van der Waals surface area contributed by atoms with Crippen molar-refractivity contribution in [1.82, 2.24) is 5.32 Å². The first-order valence-electron chi connectivity index (χ1n) is 9.50. The number of anilines is 2. The average molecular weight is 383 g/mol. The molecule has 0 radical (unpaired) electrons. The lowest BCUT2D eigenvalue weighted by atomic mass is 10.2. The molecule has 0 spiro atoms. The van der Waals surface area contributed by atoms with Crippen LogP contribution >= 0.6 is 0 Å². The van der Waals surface area contributed by atoms with Crippen LogP contribution in [0.5, 0.6) is 5.75 Å². The Labute approximate surface area is 166 Å². The SMILES string of the molecule is CC(C)Oc1ccc(CNC(=O)CNc2cccc(NC(=O)C(C)C)c2)cc1. The molecule has 0 aliphatic rings. The van der Waals surface area contributed by atoms with Crippen LogP contribution in [0.1, 0.15) is 33.3 Å². The summed E-state index contributed by atoms with van der Waals surface area (Å²) in [5.41, 5.74) is 2.47. The van der Waals surface area contributed by atoms with Crippen molar-refractivity contribution in [1.29, 1.82) is 0 Å². The lowest BCUT2D eigenvalue weighted by molar-refractivity contribution is -0.120. The molecule has 0 bridgehead atoms.